The van der Waals surface area contributed by atoms with E-state index in [0.717, 1.165) is 21.5 Å². The van der Waals surface area contributed by atoms with Crippen LogP contribution in [0.3, 0.4) is 0 Å². The molecule has 0 aliphatic carbocycles. The van der Waals surface area contributed by atoms with Crippen LogP contribution in [0, 0.1) is 12.7 Å². The van der Waals surface area contributed by atoms with Crippen molar-refractivity contribution >= 4 is 27.7 Å². The highest BCUT2D eigenvalue weighted by Crippen LogP contribution is 2.31. The minimum atomic E-state index is -0.0900. The molecule has 0 fully saturated rings. The first-order valence-corrected chi connectivity index (χ1v) is 6.02. The molecule has 0 aliphatic heterocycles. The number of benzene rings is 1. The Hall–Kier alpha value is -0.0200. The number of aryl methyl sites for hydroxylation is 1. The SMILES string of the molecule is CCCSc1c(Br)ccc(C)c1F. The monoisotopic (exact) mass is 262 g/mol. The van der Waals surface area contributed by atoms with Crippen molar-refractivity contribution in [2.45, 2.75) is 25.2 Å². The van der Waals surface area contributed by atoms with Crippen molar-refractivity contribution < 1.29 is 4.39 Å². The van der Waals surface area contributed by atoms with Crippen LogP contribution in [0.1, 0.15) is 18.9 Å². The fraction of sp³-hybridized carbons (Fsp3) is 0.400. The predicted octanol–water partition coefficient (Wildman–Crippen LogP) is 4.40. The van der Waals surface area contributed by atoms with Gasteiger partial charge in [-0.25, -0.2) is 4.39 Å². The molecule has 0 heterocycles. The first kappa shape index (κ1) is 11.1. The maximum atomic E-state index is 13.5. The molecular formula is C10H12BrFS. The lowest BCUT2D eigenvalue weighted by atomic mass is 10.2. The summed E-state index contributed by atoms with van der Waals surface area (Å²) in [5, 5.41) is 0. The lowest BCUT2D eigenvalue weighted by molar-refractivity contribution is 0.590. The molecule has 0 N–H and O–H groups in total. The zero-order chi connectivity index (χ0) is 9.84. The first-order chi connectivity index (χ1) is 6.16. The van der Waals surface area contributed by atoms with Crippen LogP contribution in [-0.4, -0.2) is 5.75 Å². The Morgan fingerprint density at radius 3 is 2.77 bits per heavy atom. The summed E-state index contributed by atoms with van der Waals surface area (Å²) in [5.74, 6) is 0.867. The Balaban J connectivity index is 2.96. The third-order valence-corrected chi connectivity index (χ3v) is 3.92. The molecule has 0 saturated heterocycles. The van der Waals surface area contributed by atoms with Gasteiger partial charge in [0.2, 0.25) is 0 Å². The lowest BCUT2D eigenvalue weighted by Crippen LogP contribution is -1.88. The fourth-order valence-corrected chi connectivity index (χ4v) is 2.52. The third-order valence-electron chi connectivity index (χ3n) is 1.69. The average molecular weight is 263 g/mol. The Morgan fingerprint density at radius 2 is 2.15 bits per heavy atom. The molecule has 13 heavy (non-hydrogen) atoms. The zero-order valence-electron chi connectivity index (χ0n) is 7.73. The molecule has 1 rings (SSSR count). The molecular weight excluding hydrogens is 251 g/mol. The summed E-state index contributed by atoms with van der Waals surface area (Å²) in [7, 11) is 0. The Kier molecular flexibility index (Phi) is 4.26. The number of hydrogen-bond donors (Lipinski definition) is 0. The van der Waals surface area contributed by atoms with Crippen molar-refractivity contribution in [3.63, 3.8) is 0 Å². The molecule has 0 unspecified atom stereocenters. The van der Waals surface area contributed by atoms with Crippen LogP contribution in [0.5, 0.6) is 0 Å². The van der Waals surface area contributed by atoms with Gasteiger partial charge in [-0.2, -0.15) is 0 Å². The molecule has 0 bridgehead atoms. The Labute approximate surface area is 91.0 Å². The van der Waals surface area contributed by atoms with E-state index >= 15 is 0 Å². The van der Waals surface area contributed by atoms with Gasteiger partial charge in [-0.05, 0) is 46.7 Å². The highest BCUT2D eigenvalue weighted by atomic mass is 79.9. The molecule has 0 spiro atoms. The van der Waals surface area contributed by atoms with Crippen molar-refractivity contribution in [3.05, 3.63) is 28.0 Å². The van der Waals surface area contributed by atoms with Crippen LogP contribution < -0.4 is 0 Å². The number of rotatable bonds is 3. The first-order valence-electron chi connectivity index (χ1n) is 4.24. The number of hydrogen-bond acceptors (Lipinski definition) is 1. The van der Waals surface area contributed by atoms with Gasteiger partial charge in [0.15, 0.2) is 0 Å². The molecule has 1 aromatic rings. The molecule has 0 amide bonds. The van der Waals surface area contributed by atoms with Crippen molar-refractivity contribution in [2.24, 2.45) is 0 Å². The molecule has 72 valence electrons. The van der Waals surface area contributed by atoms with Crippen molar-refractivity contribution in [3.8, 4) is 0 Å². The number of halogens is 2. The van der Waals surface area contributed by atoms with Gasteiger partial charge in [-0.15, -0.1) is 11.8 Å². The Morgan fingerprint density at radius 1 is 1.46 bits per heavy atom. The van der Waals surface area contributed by atoms with Gasteiger partial charge < -0.3 is 0 Å². The summed E-state index contributed by atoms with van der Waals surface area (Å²) in [6.07, 6.45) is 1.06. The summed E-state index contributed by atoms with van der Waals surface area (Å²) in [4.78, 5) is 0.738. The molecule has 0 aromatic heterocycles. The van der Waals surface area contributed by atoms with Gasteiger partial charge in [-0.1, -0.05) is 13.0 Å². The summed E-state index contributed by atoms with van der Waals surface area (Å²) in [6.45, 7) is 3.88. The molecule has 1 aromatic carbocycles. The topological polar surface area (TPSA) is 0 Å². The van der Waals surface area contributed by atoms with E-state index in [2.05, 4.69) is 22.9 Å². The predicted molar refractivity (Wildman–Crippen MR) is 59.9 cm³/mol. The smallest absolute Gasteiger partial charge is 0.140 e. The highest BCUT2D eigenvalue weighted by molar-refractivity contribution is 9.10. The van der Waals surface area contributed by atoms with Crippen LogP contribution in [-0.2, 0) is 0 Å². The molecule has 3 heteroatoms. The summed E-state index contributed by atoms with van der Waals surface area (Å²) < 4.78 is 14.4. The molecule has 0 nitrogen and oxygen atoms in total. The minimum Gasteiger partial charge on any atom is -0.205 e. The second-order valence-electron chi connectivity index (χ2n) is 2.86. The molecule has 0 aliphatic rings. The van der Waals surface area contributed by atoms with E-state index in [1.54, 1.807) is 24.8 Å². The fourth-order valence-electron chi connectivity index (χ4n) is 0.967. The van der Waals surface area contributed by atoms with Crippen LogP contribution in [0.15, 0.2) is 21.5 Å². The second kappa shape index (κ2) is 5.01. The Bertz CT molecular complexity index is 299. The normalized spacial score (nSPS) is 10.5. The largest absolute Gasteiger partial charge is 0.205 e. The van der Waals surface area contributed by atoms with Crippen molar-refractivity contribution in [1.82, 2.24) is 0 Å². The molecule has 0 atom stereocenters. The van der Waals surface area contributed by atoms with Crippen LogP contribution in [0.4, 0.5) is 4.39 Å². The highest BCUT2D eigenvalue weighted by Gasteiger charge is 2.09. The van der Waals surface area contributed by atoms with E-state index in [1.807, 2.05) is 6.07 Å². The third kappa shape index (κ3) is 2.71. The van der Waals surface area contributed by atoms with Crippen molar-refractivity contribution in [1.29, 1.82) is 0 Å². The van der Waals surface area contributed by atoms with E-state index in [4.69, 9.17) is 0 Å². The van der Waals surface area contributed by atoms with E-state index in [1.165, 1.54) is 0 Å². The lowest BCUT2D eigenvalue weighted by Gasteiger charge is -2.06. The van der Waals surface area contributed by atoms with E-state index < -0.39 is 0 Å². The zero-order valence-corrected chi connectivity index (χ0v) is 10.1. The quantitative estimate of drug-likeness (QED) is 0.728. The van der Waals surface area contributed by atoms with Crippen LogP contribution >= 0.6 is 27.7 Å². The second-order valence-corrected chi connectivity index (χ2v) is 4.82. The van der Waals surface area contributed by atoms with E-state index in [-0.39, 0.29) is 5.82 Å². The minimum absolute atomic E-state index is 0.0900. The van der Waals surface area contributed by atoms with Crippen LogP contribution in [0.25, 0.3) is 0 Å². The maximum absolute atomic E-state index is 13.5. The van der Waals surface area contributed by atoms with Gasteiger partial charge in [0, 0.05) is 4.47 Å². The summed E-state index contributed by atoms with van der Waals surface area (Å²) in [5.41, 5.74) is 0.710. The van der Waals surface area contributed by atoms with Gasteiger partial charge in [-0.3, -0.25) is 0 Å². The summed E-state index contributed by atoms with van der Waals surface area (Å²) >= 11 is 4.92. The molecule has 0 radical (unpaired) electrons. The number of thioether (sulfide) groups is 1. The maximum Gasteiger partial charge on any atom is 0.140 e. The van der Waals surface area contributed by atoms with E-state index in [9.17, 15) is 4.39 Å². The van der Waals surface area contributed by atoms with Gasteiger partial charge >= 0.3 is 0 Å². The molecule has 0 saturated carbocycles. The van der Waals surface area contributed by atoms with Crippen molar-refractivity contribution in [2.75, 3.05) is 5.75 Å². The van der Waals surface area contributed by atoms with Gasteiger partial charge in [0.1, 0.15) is 5.82 Å². The standard InChI is InChI=1S/C10H12BrFS/c1-3-6-13-10-8(11)5-4-7(2)9(10)12/h4-5H,3,6H2,1-2H3. The summed E-state index contributed by atoms with van der Waals surface area (Å²) in [6, 6.07) is 3.69. The van der Waals surface area contributed by atoms with Gasteiger partial charge in [0.05, 0.1) is 4.90 Å². The van der Waals surface area contributed by atoms with Crippen LogP contribution in [0.2, 0.25) is 0 Å². The van der Waals surface area contributed by atoms with Gasteiger partial charge in [0.25, 0.3) is 0 Å². The average Bonchev–Trinajstić information content (AvgIpc) is 2.12. The van der Waals surface area contributed by atoms with E-state index in [0.29, 0.717) is 5.56 Å².